The first-order chi connectivity index (χ1) is 7.83. The highest BCUT2D eigenvalue weighted by molar-refractivity contribution is 5.30. The van der Waals surface area contributed by atoms with Crippen LogP contribution in [0.15, 0.2) is 36.9 Å². The van der Waals surface area contributed by atoms with E-state index in [4.69, 9.17) is 10.5 Å². The molecule has 0 spiro atoms. The molecule has 0 saturated heterocycles. The van der Waals surface area contributed by atoms with Crippen molar-refractivity contribution in [2.45, 2.75) is 6.04 Å². The van der Waals surface area contributed by atoms with Crippen LogP contribution in [0.2, 0.25) is 0 Å². The van der Waals surface area contributed by atoms with Crippen molar-refractivity contribution in [3.63, 3.8) is 0 Å². The van der Waals surface area contributed by atoms with Crippen molar-refractivity contribution >= 4 is 0 Å². The lowest BCUT2D eigenvalue weighted by atomic mass is 10.1. The fourth-order valence-electron chi connectivity index (χ4n) is 1.44. The number of hydrogen-bond acceptors (Lipinski definition) is 5. The zero-order chi connectivity index (χ0) is 11.4. The summed E-state index contributed by atoms with van der Waals surface area (Å²) in [7, 11) is 1.55. The van der Waals surface area contributed by atoms with Crippen LogP contribution >= 0.6 is 0 Å². The van der Waals surface area contributed by atoms with E-state index >= 15 is 0 Å². The Morgan fingerprint density at radius 3 is 2.50 bits per heavy atom. The molecule has 0 saturated carbocycles. The highest BCUT2D eigenvalue weighted by Crippen LogP contribution is 2.23. The Balaban J connectivity index is 2.37. The Morgan fingerprint density at radius 1 is 1.12 bits per heavy atom. The van der Waals surface area contributed by atoms with Crippen molar-refractivity contribution in [1.82, 2.24) is 15.0 Å². The van der Waals surface area contributed by atoms with E-state index in [-0.39, 0.29) is 6.04 Å². The van der Waals surface area contributed by atoms with Crippen molar-refractivity contribution < 1.29 is 4.74 Å². The summed E-state index contributed by atoms with van der Waals surface area (Å²) in [5.74, 6) is 0.451. The summed E-state index contributed by atoms with van der Waals surface area (Å²) in [4.78, 5) is 12.2. The van der Waals surface area contributed by atoms with Gasteiger partial charge in [-0.2, -0.15) is 0 Å². The molecule has 82 valence electrons. The number of methoxy groups -OCH3 is 1. The van der Waals surface area contributed by atoms with Crippen LogP contribution in [0.4, 0.5) is 0 Å². The molecule has 2 N–H and O–H groups in total. The first kappa shape index (κ1) is 10.5. The number of nitrogens with two attached hydrogens (primary N) is 1. The van der Waals surface area contributed by atoms with Gasteiger partial charge in [-0.3, -0.25) is 9.97 Å². The second-order valence-electron chi connectivity index (χ2n) is 3.21. The van der Waals surface area contributed by atoms with Crippen molar-refractivity contribution in [2.24, 2.45) is 5.73 Å². The molecule has 0 aromatic carbocycles. The van der Waals surface area contributed by atoms with Gasteiger partial charge in [0.2, 0.25) is 5.88 Å². The molecule has 0 radical (unpaired) electrons. The lowest BCUT2D eigenvalue weighted by Crippen LogP contribution is -2.15. The fourth-order valence-corrected chi connectivity index (χ4v) is 1.44. The molecule has 0 bridgehead atoms. The molecule has 0 fully saturated rings. The van der Waals surface area contributed by atoms with E-state index < -0.39 is 0 Å². The SMILES string of the molecule is COc1nccnc1C(N)c1ccncc1. The van der Waals surface area contributed by atoms with Crippen LogP contribution in [0.25, 0.3) is 0 Å². The van der Waals surface area contributed by atoms with Gasteiger partial charge in [0.25, 0.3) is 0 Å². The number of aromatic nitrogens is 3. The lowest BCUT2D eigenvalue weighted by molar-refractivity contribution is 0.387. The van der Waals surface area contributed by atoms with Gasteiger partial charge in [0.1, 0.15) is 5.69 Å². The number of nitrogens with zero attached hydrogens (tertiary/aromatic N) is 3. The zero-order valence-corrected chi connectivity index (χ0v) is 8.87. The van der Waals surface area contributed by atoms with E-state index in [9.17, 15) is 0 Å². The second-order valence-corrected chi connectivity index (χ2v) is 3.21. The summed E-state index contributed by atoms with van der Waals surface area (Å²) in [6.07, 6.45) is 6.55. The lowest BCUT2D eigenvalue weighted by Gasteiger charge is -2.13. The van der Waals surface area contributed by atoms with E-state index in [0.717, 1.165) is 5.56 Å². The van der Waals surface area contributed by atoms with Crippen molar-refractivity contribution in [2.75, 3.05) is 7.11 Å². The highest BCUT2D eigenvalue weighted by atomic mass is 16.5. The van der Waals surface area contributed by atoms with E-state index in [1.807, 2.05) is 12.1 Å². The third-order valence-electron chi connectivity index (χ3n) is 2.24. The van der Waals surface area contributed by atoms with Gasteiger partial charge in [0, 0.05) is 24.8 Å². The van der Waals surface area contributed by atoms with Crippen LogP contribution in [-0.2, 0) is 0 Å². The summed E-state index contributed by atoms with van der Waals surface area (Å²) in [6, 6.07) is 3.34. The normalized spacial score (nSPS) is 12.1. The van der Waals surface area contributed by atoms with Crippen molar-refractivity contribution in [3.8, 4) is 5.88 Å². The summed E-state index contributed by atoms with van der Waals surface area (Å²) >= 11 is 0. The predicted octanol–water partition coefficient (Wildman–Crippen LogP) is 0.928. The fraction of sp³-hybridized carbons (Fsp3) is 0.182. The maximum absolute atomic E-state index is 6.08. The number of hydrogen-bond donors (Lipinski definition) is 1. The van der Waals surface area contributed by atoms with E-state index in [1.54, 1.807) is 31.9 Å². The van der Waals surface area contributed by atoms with Gasteiger partial charge >= 0.3 is 0 Å². The average Bonchev–Trinajstić information content (AvgIpc) is 2.39. The van der Waals surface area contributed by atoms with E-state index in [0.29, 0.717) is 11.6 Å². The van der Waals surface area contributed by atoms with Crippen LogP contribution in [0, 0.1) is 0 Å². The zero-order valence-electron chi connectivity index (χ0n) is 8.87. The Labute approximate surface area is 93.3 Å². The number of rotatable bonds is 3. The second kappa shape index (κ2) is 4.67. The first-order valence-electron chi connectivity index (χ1n) is 4.83. The molecule has 0 aliphatic carbocycles. The molecule has 2 rings (SSSR count). The van der Waals surface area contributed by atoms with Gasteiger partial charge in [-0.15, -0.1) is 0 Å². The molecule has 0 aliphatic heterocycles. The molecule has 1 atom stereocenters. The predicted molar refractivity (Wildman–Crippen MR) is 58.9 cm³/mol. The molecular weight excluding hydrogens is 204 g/mol. The minimum atomic E-state index is -0.355. The number of ether oxygens (including phenoxy) is 1. The van der Waals surface area contributed by atoms with Gasteiger partial charge in [-0.1, -0.05) is 0 Å². The molecule has 0 amide bonds. The van der Waals surface area contributed by atoms with Crippen molar-refractivity contribution in [3.05, 3.63) is 48.2 Å². The molecule has 2 heterocycles. The Morgan fingerprint density at radius 2 is 1.81 bits per heavy atom. The van der Waals surface area contributed by atoms with Gasteiger partial charge in [-0.25, -0.2) is 4.98 Å². The molecule has 1 unspecified atom stereocenters. The van der Waals surface area contributed by atoms with Crippen molar-refractivity contribution in [1.29, 1.82) is 0 Å². The minimum Gasteiger partial charge on any atom is -0.480 e. The monoisotopic (exact) mass is 216 g/mol. The average molecular weight is 216 g/mol. The Bertz CT molecular complexity index is 461. The van der Waals surface area contributed by atoms with Crippen LogP contribution in [0.3, 0.4) is 0 Å². The van der Waals surface area contributed by atoms with E-state index in [1.165, 1.54) is 0 Å². The van der Waals surface area contributed by atoms with Crippen LogP contribution in [-0.4, -0.2) is 22.1 Å². The molecule has 0 aliphatic rings. The van der Waals surface area contributed by atoms with Crippen LogP contribution in [0.1, 0.15) is 17.3 Å². The molecule has 16 heavy (non-hydrogen) atoms. The maximum atomic E-state index is 6.08. The third kappa shape index (κ3) is 1.99. The third-order valence-corrected chi connectivity index (χ3v) is 2.24. The summed E-state index contributed by atoms with van der Waals surface area (Å²) in [6.45, 7) is 0. The Hall–Kier alpha value is -2.01. The summed E-state index contributed by atoms with van der Waals surface area (Å²) in [5.41, 5.74) is 7.63. The largest absolute Gasteiger partial charge is 0.480 e. The Kier molecular flexibility index (Phi) is 3.07. The van der Waals surface area contributed by atoms with Gasteiger partial charge < -0.3 is 10.5 Å². The van der Waals surface area contributed by atoms with Gasteiger partial charge in [-0.05, 0) is 17.7 Å². The van der Waals surface area contributed by atoms with Crippen LogP contribution in [0.5, 0.6) is 5.88 Å². The molecule has 5 nitrogen and oxygen atoms in total. The topological polar surface area (TPSA) is 73.9 Å². The quantitative estimate of drug-likeness (QED) is 0.826. The maximum Gasteiger partial charge on any atom is 0.237 e. The van der Waals surface area contributed by atoms with Crippen LogP contribution < -0.4 is 10.5 Å². The summed E-state index contributed by atoms with van der Waals surface area (Å²) in [5, 5.41) is 0. The first-order valence-corrected chi connectivity index (χ1v) is 4.83. The van der Waals surface area contributed by atoms with Gasteiger partial charge in [0.05, 0.1) is 13.2 Å². The minimum absolute atomic E-state index is 0.355. The molecule has 5 heteroatoms. The van der Waals surface area contributed by atoms with Gasteiger partial charge in [0.15, 0.2) is 0 Å². The smallest absolute Gasteiger partial charge is 0.237 e. The number of pyridine rings is 1. The summed E-state index contributed by atoms with van der Waals surface area (Å²) < 4.78 is 5.12. The molecule has 2 aromatic rings. The highest BCUT2D eigenvalue weighted by Gasteiger charge is 2.15. The molecule has 2 aromatic heterocycles. The standard InChI is InChI=1S/C11H12N4O/c1-16-11-10(14-6-7-15-11)9(12)8-2-4-13-5-3-8/h2-7,9H,12H2,1H3. The van der Waals surface area contributed by atoms with E-state index in [2.05, 4.69) is 15.0 Å². The molecular formula is C11H12N4O.